The van der Waals surface area contributed by atoms with Gasteiger partial charge in [-0.1, -0.05) is 20.3 Å². The number of carbonyl (C=O) groups is 2. The maximum atomic E-state index is 12.9. The molecule has 0 amide bonds. The van der Waals surface area contributed by atoms with Crippen LogP contribution in [0.25, 0.3) is 0 Å². The van der Waals surface area contributed by atoms with Gasteiger partial charge in [0.15, 0.2) is 0 Å². The Hall–Kier alpha value is -1.14. The molecule has 0 aromatic carbocycles. The molecule has 6 heteroatoms. The molecule has 29 heavy (non-hydrogen) atoms. The summed E-state index contributed by atoms with van der Waals surface area (Å²) < 4.78 is 24.1. The van der Waals surface area contributed by atoms with E-state index in [1.165, 1.54) is 0 Å². The van der Waals surface area contributed by atoms with Gasteiger partial charge in [-0.05, 0) is 52.9 Å². The summed E-state index contributed by atoms with van der Waals surface area (Å²) in [6.45, 7) is 9.91. The van der Waals surface area contributed by atoms with Crippen molar-refractivity contribution in [1.29, 1.82) is 0 Å². The molecule has 0 aromatic rings. The molecule has 3 aliphatic heterocycles. The summed E-state index contributed by atoms with van der Waals surface area (Å²) in [6.07, 6.45) is 5.17. The Kier molecular flexibility index (Phi) is 7.60. The Labute approximate surface area is 175 Å². The number of hydrogen-bond donors (Lipinski definition) is 0. The first kappa shape index (κ1) is 22.5. The summed E-state index contributed by atoms with van der Waals surface area (Å²) in [5.41, 5.74) is 0. The topological polar surface area (TPSA) is 71.1 Å². The van der Waals surface area contributed by atoms with Gasteiger partial charge in [-0.3, -0.25) is 9.59 Å². The summed E-state index contributed by atoms with van der Waals surface area (Å²) in [7, 11) is 0. The predicted octanol–water partition coefficient (Wildman–Crippen LogP) is 4.04. The highest BCUT2D eigenvalue weighted by molar-refractivity contribution is 5.73. The minimum absolute atomic E-state index is 0.00709. The summed E-state index contributed by atoms with van der Waals surface area (Å²) in [6, 6.07) is 0. The Morgan fingerprint density at radius 1 is 0.793 bits per heavy atom. The van der Waals surface area contributed by atoms with E-state index in [1.54, 1.807) is 0 Å². The van der Waals surface area contributed by atoms with Crippen LogP contribution >= 0.6 is 0 Å². The fourth-order valence-corrected chi connectivity index (χ4v) is 4.96. The average Bonchev–Trinajstić information content (AvgIpc) is 3.34. The van der Waals surface area contributed by atoms with Crippen LogP contribution in [0.5, 0.6) is 0 Å². The molecule has 3 aliphatic rings. The third-order valence-electron chi connectivity index (χ3n) is 7.01. The highest BCUT2D eigenvalue weighted by Crippen LogP contribution is 2.35. The van der Waals surface area contributed by atoms with Gasteiger partial charge in [0.1, 0.15) is 12.2 Å². The van der Waals surface area contributed by atoms with Crippen LogP contribution < -0.4 is 0 Å². The lowest BCUT2D eigenvalue weighted by atomic mass is 9.92. The molecular formula is C23H38O6. The molecule has 3 fully saturated rings. The molecule has 166 valence electrons. The fourth-order valence-electron chi connectivity index (χ4n) is 4.96. The lowest BCUT2D eigenvalue weighted by molar-refractivity contribution is -0.168. The minimum Gasteiger partial charge on any atom is -0.462 e. The normalized spacial score (nSPS) is 44.4. The van der Waals surface area contributed by atoms with Gasteiger partial charge in [0, 0.05) is 12.3 Å². The van der Waals surface area contributed by atoms with Gasteiger partial charge >= 0.3 is 11.9 Å². The van der Waals surface area contributed by atoms with Crippen LogP contribution in [-0.2, 0) is 28.5 Å². The molecule has 0 unspecified atom stereocenters. The Morgan fingerprint density at radius 2 is 1.38 bits per heavy atom. The lowest BCUT2D eigenvalue weighted by Crippen LogP contribution is -2.38. The molecule has 0 aliphatic carbocycles. The first-order valence-corrected chi connectivity index (χ1v) is 11.5. The fraction of sp³-hybridized carbons (Fsp3) is 0.913. The third-order valence-corrected chi connectivity index (χ3v) is 7.01. The van der Waals surface area contributed by atoms with Crippen molar-refractivity contribution in [3.8, 4) is 0 Å². The average molecular weight is 411 g/mol. The van der Waals surface area contributed by atoms with Crippen molar-refractivity contribution in [2.24, 2.45) is 17.8 Å². The first-order chi connectivity index (χ1) is 13.8. The summed E-state index contributed by atoms with van der Waals surface area (Å²) in [5.74, 6) is -0.872. The first-order valence-electron chi connectivity index (χ1n) is 11.5. The summed E-state index contributed by atoms with van der Waals surface area (Å²) in [5, 5.41) is 0. The predicted molar refractivity (Wildman–Crippen MR) is 108 cm³/mol. The zero-order valence-corrected chi connectivity index (χ0v) is 18.6. The van der Waals surface area contributed by atoms with E-state index in [9.17, 15) is 9.59 Å². The van der Waals surface area contributed by atoms with Crippen molar-refractivity contribution in [3.63, 3.8) is 0 Å². The molecule has 3 rings (SSSR count). The van der Waals surface area contributed by atoms with E-state index in [2.05, 4.69) is 13.8 Å². The molecule has 3 heterocycles. The van der Waals surface area contributed by atoms with E-state index in [0.29, 0.717) is 6.42 Å². The maximum absolute atomic E-state index is 12.9. The van der Waals surface area contributed by atoms with Gasteiger partial charge in [-0.25, -0.2) is 0 Å². The summed E-state index contributed by atoms with van der Waals surface area (Å²) in [4.78, 5) is 25.5. The van der Waals surface area contributed by atoms with Crippen molar-refractivity contribution < 1.29 is 28.5 Å². The van der Waals surface area contributed by atoms with E-state index < -0.39 is 0 Å². The number of esters is 2. The quantitative estimate of drug-likeness (QED) is 0.640. The van der Waals surface area contributed by atoms with Crippen molar-refractivity contribution in [2.45, 2.75) is 116 Å². The van der Waals surface area contributed by atoms with Gasteiger partial charge < -0.3 is 18.9 Å². The Balaban J connectivity index is 1.79. The monoisotopic (exact) mass is 410 g/mol. The van der Waals surface area contributed by atoms with Gasteiger partial charge in [0.25, 0.3) is 0 Å². The van der Waals surface area contributed by atoms with Crippen molar-refractivity contribution in [3.05, 3.63) is 0 Å². The van der Waals surface area contributed by atoms with Crippen LogP contribution in [-0.4, -0.2) is 48.6 Å². The number of fused-ring (bicyclic) bond motifs is 4. The van der Waals surface area contributed by atoms with Crippen LogP contribution in [0.15, 0.2) is 0 Å². The highest BCUT2D eigenvalue weighted by atomic mass is 16.6. The smallest absolute Gasteiger partial charge is 0.311 e. The van der Waals surface area contributed by atoms with Crippen LogP contribution in [0.1, 0.15) is 79.6 Å². The highest BCUT2D eigenvalue weighted by Gasteiger charge is 2.41. The van der Waals surface area contributed by atoms with E-state index in [4.69, 9.17) is 18.9 Å². The molecule has 0 aromatic heterocycles. The Morgan fingerprint density at radius 3 is 2.07 bits per heavy atom. The van der Waals surface area contributed by atoms with Gasteiger partial charge in [0.05, 0.1) is 36.3 Å². The number of cyclic esters (lactones) is 2. The zero-order valence-electron chi connectivity index (χ0n) is 18.6. The van der Waals surface area contributed by atoms with E-state index in [-0.39, 0.29) is 66.3 Å². The molecule has 0 N–H and O–H groups in total. The van der Waals surface area contributed by atoms with Gasteiger partial charge in [0.2, 0.25) is 0 Å². The van der Waals surface area contributed by atoms with Crippen molar-refractivity contribution >= 4 is 11.9 Å². The molecule has 9 atom stereocenters. The number of hydrogen-bond acceptors (Lipinski definition) is 6. The van der Waals surface area contributed by atoms with Gasteiger partial charge in [-0.15, -0.1) is 0 Å². The second-order valence-electron chi connectivity index (χ2n) is 9.35. The number of rotatable bonds is 2. The molecule has 0 saturated carbocycles. The number of ether oxygens (including phenoxy) is 4. The molecular weight excluding hydrogens is 372 g/mol. The van der Waals surface area contributed by atoms with E-state index in [0.717, 1.165) is 38.5 Å². The third kappa shape index (κ3) is 5.32. The van der Waals surface area contributed by atoms with E-state index >= 15 is 0 Å². The van der Waals surface area contributed by atoms with Crippen LogP contribution in [0.2, 0.25) is 0 Å². The van der Waals surface area contributed by atoms with Crippen LogP contribution in [0.3, 0.4) is 0 Å². The van der Waals surface area contributed by atoms with Crippen molar-refractivity contribution in [1.82, 2.24) is 0 Å². The molecule has 0 spiro atoms. The second-order valence-corrected chi connectivity index (χ2v) is 9.35. The molecule has 0 radical (unpaired) electrons. The second kappa shape index (κ2) is 9.78. The lowest BCUT2D eigenvalue weighted by Gasteiger charge is -2.31. The minimum atomic E-state index is -0.299. The van der Waals surface area contributed by atoms with Crippen molar-refractivity contribution in [2.75, 3.05) is 0 Å². The maximum Gasteiger partial charge on any atom is 0.311 e. The van der Waals surface area contributed by atoms with Crippen LogP contribution in [0, 0.1) is 17.8 Å². The molecule has 4 bridgehead atoms. The summed E-state index contributed by atoms with van der Waals surface area (Å²) >= 11 is 0. The number of carbonyl (C=O) groups excluding carboxylic acids is 2. The van der Waals surface area contributed by atoms with E-state index in [1.807, 2.05) is 20.8 Å². The molecule has 3 saturated heterocycles. The largest absolute Gasteiger partial charge is 0.462 e. The Bertz CT molecular complexity index is 578. The van der Waals surface area contributed by atoms with Crippen LogP contribution in [0.4, 0.5) is 0 Å². The SMILES string of the molecule is CCC[C@@H]1OC(=O)[C@@H](C)[C@@H]2CC[C@H](C[C@@H](C)OC(=O)[C@@H](C)[C@H]3CC[C@H](O3)[C@H]1C)O2. The molecule has 6 nitrogen and oxygen atoms in total. The van der Waals surface area contributed by atoms with Gasteiger partial charge in [-0.2, -0.15) is 0 Å². The zero-order chi connectivity index (χ0) is 21.1. The standard InChI is InChI=1S/C23H38O6/c1-6-7-18-14(3)19-10-11-21(28-19)16(5)22(24)26-13(2)12-17-8-9-20(27-17)15(4)23(25)29-18/h13-21H,6-12H2,1-5H3/t13-,14+,15+,16+,17-,18+,19+,20+,21-/m1/s1.